The second-order valence-corrected chi connectivity index (χ2v) is 5.70. The van der Waals surface area contributed by atoms with E-state index in [4.69, 9.17) is 9.47 Å². The zero-order valence-corrected chi connectivity index (χ0v) is 10.3. The third kappa shape index (κ3) is 2.26. The van der Waals surface area contributed by atoms with Crippen molar-refractivity contribution < 1.29 is 9.47 Å². The SMILES string of the molecule is CC1COC(C)(C2=CC(C)(C)CCC2)O1. The summed E-state index contributed by atoms with van der Waals surface area (Å²) in [5.74, 6) is -0.447. The number of allylic oxidation sites excluding steroid dienone is 1. The van der Waals surface area contributed by atoms with Crippen LogP contribution in [0.4, 0.5) is 0 Å². The Morgan fingerprint density at radius 3 is 2.60 bits per heavy atom. The normalized spacial score (nSPS) is 40.3. The minimum atomic E-state index is -0.447. The van der Waals surface area contributed by atoms with E-state index in [0.717, 1.165) is 6.42 Å². The molecule has 2 heteroatoms. The van der Waals surface area contributed by atoms with Gasteiger partial charge in [-0.2, -0.15) is 0 Å². The molecule has 86 valence electrons. The van der Waals surface area contributed by atoms with E-state index in [-0.39, 0.29) is 6.10 Å². The highest BCUT2D eigenvalue weighted by atomic mass is 16.7. The summed E-state index contributed by atoms with van der Waals surface area (Å²) in [5.41, 5.74) is 1.64. The van der Waals surface area contributed by atoms with Crippen LogP contribution in [0, 0.1) is 5.41 Å². The zero-order chi connectivity index (χ0) is 11.1. The summed E-state index contributed by atoms with van der Waals surface area (Å²) in [5, 5.41) is 0. The predicted molar refractivity (Wildman–Crippen MR) is 60.6 cm³/mol. The average molecular weight is 210 g/mol. The van der Waals surface area contributed by atoms with Crippen LogP contribution in [0.2, 0.25) is 0 Å². The lowest BCUT2D eigenvalue weighted by molar-refractivity contribution is -0.124. The summed E-state index contributed by atoms with van der Waals surface area (Å²) in [7, 11) is 0. The van der Waals surface area contributed by atoms with Gasteiger partial charge in [-0.25, -0.2) is 0 Å². The Morgan fingerprint density at radius 2 is 2.07 bits per heavy atom. The van der Waals surface area contributed by atoms with Crippen LogP contribution in [-0.4, -0.2) is 18.5 Å². The van der Waals surface area contributed by atoms with Gasteiger partial charge in [-0.15, -0.1) is 0 Å². The van der Waals surface area contributed by atoms with Crippen LogP contribution in [0.1, 0.15) is 47.0 Å². The Labute approximate surface area is 92.6 Å². The van der Waals surface area contributed by atoms with Crippen LogP contribution in [0.3, 0.4) is 0 Å². The molecule has 1 aliphatic carbocycles. The molecule has 2 unspecified atom stereocenters. The summed E-state index contributed by atoms with van der Waals surface area (Å²) in [6, 6.07) is 0. The molecule has 1 heterocycles. The topological polar surface area (TPSA) is 18.5 Å². The fourth-order valence-electron chi connectivity index (χ4n) is 2.61. The molecule has 15 heavy (non-hydrogen) atoms. The van der Waals surface area contributed by atoms with E-state index in [0.29, 0.717) is 12.0 Å². The van der Waals surface area contributed by atoms with Crippen LogP contribution in [0.5, 0.6) is 0 Å². The molecule has 2 rings (SSSR count). The van der Waals surface area contributed by atoms with Crippen molar-refractivity contribution >= 4 is 0 Å². The molecular formula is C13H22O2. The lowest BCUT2D eigenvalue weighted by Crippen LogP contribution is -2.32. The zero-order valence-electron chi connectivity index (χ0n) is 10.3. The first kappa shape index (κ1) is 11.2. The Bertz CT molecular complexity index is 280. The molecule has 0 bridgehead atoms. The Hall–Kier alpha value is -0.340. The minimum Gasteiger partial charge on any atom is -0.344 e. The number of hydrogen-bond donors (Lipinski definition) is 0. The van der Waals surface area contributed by atoms with Crippen LogP contribution < -0.4 is 0 Å². The Morgan fingerprint density at radius 1 is 1.33 bits per heavy atom. The van der Waals surface area contributed by atoms with E-state index in [2.05, 4.69) is 33.8 Å². The van der Waals surface area contributed by atoms with Crippen molar-refractivity contribution in [2.75, 3.05) is 6.61 Å². The monoisotopic (exact) mass is 210 g/mol. The van der Waals surface area contributed by atoms with Gasteiger partial charge >= 0.3 is 0 Å². The molecule has 1 fully saturated rings. The van der Waals surface area contributed by atoms with Crippen molar-refractivity contribution in [1.29, 1.82) is 0 Å². The van der Waals surface area contributed by atoms with E-state index in [1.165, 1.54) is 18.4 Å². The van der Waals surface area contributed by atoms with Gasteiger partial charge in [0.25, 0.3) is 0 Å². The lowest BCUT2D eigenvalue weighted by Gasteiger charge is -2.34. The van der Waals surface area contributed by atoms with Gasteiger partial charge in [0.1, 0.15) is 0 Å². The molecule has 1 aliphatic heterocycles. The number of hydrogen-bond acceptors (Lipinski definition) is 2. The summed E-state index contributed by atoms with van der Waals surface area (Å²) in [6.45, 7) is 9.42. The molecule has 2 atom stereocenters. The summed E-state index contributed by atoms with van der Waals surface area (Å²) in [4.78, 5) is 0. The van der Waals surface area contributed by atoms with Crippen LogP contribution in [-0.2, 0) is 9.47 Å². The van der Waals surface area contributed by atoms with Gasteiger partial charge in [-0.05, 0) is 44.1 Å². The van der Waals surface area contributed by atoms with Crippen LogP contribution in [0.25, 0.3) is 0 Å². The largest absolute Gasteiger partial charge is 0.344 e. The Balaban J connectivity index is 2.20. The summed E-state index contributed by atoms with van der Waals surface area (Å²) >= 11 is 0. The van der Waals surface area contributed by atoms with Gasteiger partial charge in [0.15, 0.2) is 5.79 Å². The quantitative estimate of drug-likeness (QED) is 0.618. The number of rotatable bonds is 1. The number of ether oxygens (including phenoxy) is 2. The maximum atomic E-state index is 5.89. The highest BCUT2D eigenvalue weighted by molar-refractivity contribution is 5.19. The second-order valence-electron chi connectivity index (χ2n) is 5.70. The molecule has 0 N–H and O–H groups in total. The van der Waals surface area contributed by atoms with E-state index in [1.807, 2.05) is 0 Å². The second kappa shape index (κ2) is 3.60. The fraction of sp³-hybridized carbons (Fsp3) is 0.846. The van der Waals surface area contributed by atoms with Crippen molar-refractivity contribution in [1.82, 2.24) is 0 Å². The van der Waals surface area contributed by atoms with Crippen LogP contribution in [0.15, 0.2) is 11.6 Å². The molecule has 0 saturated carbocycles. The lowest BCUT2D eigenvalue weighted by atomic mass is 9.78. The molecule has 0 aromatic heterocycles. The molecular weight excluding hydrogens is 188 g/mol. The maximum absolute atomic E-state index is 5.89. The van der Waals surface area contributed by atoms with Crippen molar-refractivity contribution in [3.05, 3.63) is 11.6 Å². The minimum absolute atomic E-state index is 0.223. The maximum Gasteiger partial charge on any atom is 0.188 e. The standard InChI is InChI=1S/C13H22O2/c1-10-9-14-13(4,15-10)11-6-5-7-12(2,3)8-11/h8,10H,5-7,9H2,1-4H3. The smallest absolute Gasteiger partial charge is 0.188 e. The first-order chi connectivity index (χ1) is 6.91. The van der Waals surface area contributed by atoms with E-state index >= 15 is 0 Å². The third-order valence-corrected chi connectivity index (χ3v) is 3.44. The van der Waals surface area contributed by atoms with E-state index < -0.39 is 5.79 Å². The van der Waals surface area contributed by atoms with Gasteiger partial charge in [0, 0.05) is 0 Å². The van der Waals surface area contributed by atoms with E-state index in [1.54, 1.807) is 0 Å². The van der Waals surface area contributed by atoms with Crippen molar-refractivity contribution in [2.24, 2.45) is 5.41 Å². The highest BCUT2D eigenvalue weighted by Crippen LogP contribution is 2.41. The van der Waals surface area contributed by atoms with Gasteiger partial charge in [-0.3, -0.25) is 0 Å². The van der Waals surface area contributed by atoms with Crippen LogP contribution >= 0.6 is 0 Å². The van der Waals surface area contributed by atoms with Gasteiger partial charge in [0.2, 0.25) is 0 Å². The van der Waals surface area contributed by atoms with Crippen molar-refractivity contribution in [2.45, 2.75) is 58.8 Å². The molecule has 0 aromatic carbocycles. The Kier molecular flexibility index (Phi) is 2.68. The molecule has 2 nitrogen and oxygen atoms in total. The average Bonchev–Trinajstić information content (AvgIpc) is 2.46. The van der Waals surface area contributed by atoms with E-state index in [9.17, 15) is 0 Å². The molecule has 0 amide bonds. The van der Waals surface area contributed by atoms with Crippen molar-refractivity contribution in [3.8, 4) is 0 Å². The van der Waals surface area contributed by atoms with Gasteiger partial charge in [0.05, 0.1) is 12.7 Å². The first-order valence-electron chi connectivity index (χ1n) is 5.95. The first-order valence-corrected chi connectivity index (χ1v) is 5.95. The molecule has 2 aliphatic rings. The summed E-state index contributed by atoms with van der Waals surface area (Å²) in [6.07, 6.45) is 6.21. The molecule has 0 radical (unpaired) electrons. The molecule has 1 saturated heterocycles. The summed E-state index contributed by atoms with van der Waals surface area (Å²) < 4.78 is 11.7. The predicted octanol–water partition coefficient (Wildman–Crippen LogP) is 3.27. The molecule has 0 aromatic rings. The highest BCUT2D eigenvalue weighted by Gasteiger charge is 2.40. The van der Waals surface area contributed by atoms with Crippen molar-refractivity contribution in [3.63, 3.8) is 0 Å². The third-order valence-electron chi connectivity index (χ3n) is 3.44. The fourth-order valence-corrected chi connectivity index (χ4v) is 2.61. The van der Waals surface area contributed by atoms with Gasteiger partial charge in [-0.1, -0.05) is 19.9 Å². The molecule has 0 spiro atoms. The van der Waals surface area contributed by atoms with Gasteiger partial charge < -0.3 is 9.47 Å².